The van der Waals surface area contributed by atoms with Gasteiger partial charge in [-0.1, -0.05) is 0 Å². The number of ketones is 2. The largest absolute Gasteiger partial charge is 0.481 e. The molecular formula is C20H26O15. The molecule has 0 aliphatic rings. The molecule has 0 radical (unpaired) electrons. The lowest BCUT2D eigenvalue weighted by Crippen LogP contribution is -2.32. The quantitative estimate of drug-likeness (QED) is 0.0965. The van der Waals surface area contributed by atoms with Gasteiger partial charge in [-0.05, 0) is 13.8 Å². The number of hydrogen-bond donors (Lipinski definition) is 2. The average Bonchev–Trinajstić information content (AvgIpc) is 2.78. The second kappa shape index (κ2) is 16.7. The van der Waals surface area contributed by atoms with Crippen LogP contribution < -0.4 is 0 Å². The zero-order valence-electron chi connectivity index (χ0n) is 19.0. The fraction of sp³-hybridized carbons (Fsp3) is 0.600. The lowest BCUT2D eigenvalue weighted by molar-refractivity contribution is -0.171. The second-order valence-corrected chi connectivity index (χ2v) is 6.72. The summed E-state index contributed by atoms with van der Waals surface area (Å²) in [6, 6.07) is 0. The fourth-order valence-corrected chi connectivity index (χ4v) is 2.03. The summed E-state index contributed by atoms with van der Waals surface area (Å²) in [7, 11) is 0. The van der Waals surface area contributed by atoms with Crippen molar-refractivity contribution in [2.75, 3.05) is 26.4 Å². The van der Waals surface area contributed by atoms with Gasteiger partial charge in [-0.3, -0.25) is 24.0 Å². The van der Waals surface area contributed by atoms with Crippen LogP contribution in [0.5, 0.6) is 0 Å². The molecule has 0 aromatic heterocycles. The number of aliphatic carboxylic acids is 2. The molecule has 0 aliphatic carbocycles. The van der Waals surface area contributed by atoms with Gasteiger partial charge >= 0.3 is 35.8 Å². The Hall–Kier alpha value is -3.88. The van der Waals surface area contributed by atoms with Gasteiger partial charge in [-0.2, -0.15) is 0 Å². The van der Waals surface area contributed by atoms with E-state index < -0.39 is 98.5 Å². The summed E-state index contributed by atoms with van der Waals surface area (Å²) in [5.74, 6) is -8.50. The van der Waals surface area contributed by atoms with Gasteiger partial charge in [0.15, 0.2) is 18.8 Å². The third kappa shape index (κ3) is 15.6. The van der Waals surface area contributed by atoms with Gasteiger partial charge in [0.25, 0.3) is 0 Å². The standard InChI is InChI=1S/C20H26O15/c1-11(19(29)13(21)3-4-14(22)23)34-18(28)9-31-7-8-32-17(27)10-33-20(30)12(2)35-16(26)6-5-15(24)25/h11-12H,3-10H2,1-2H3,(H,22,23)(H,24,25). The van der Waals surface area contributed by atoms with Crippen LogP contribution in [0.2, 0.25) is 0 Å². The number of Topliss-reactive ketones (excluding diaryl/α,β-unsaturated/α-hetero) is 2. The third-order valence-electron chi connectivity index (χ3n) is 3.74. The molecule has 0 aromatic rings. The summed E-state index contributed by atoms with van der Waals surface area (Å²) in [5.41, 5.74) is 0. The molecular weight excluding hydrogens is 480 g/mol. The van der Waals surface area contributed by atoms with E-state index in [2.05, 4.69) is 14.2 Å². The van der Waals surface area contributed by atoms with E-state index in [1.54, 1.807) is 0 Å². The van der Waals surface area contributed by atoms with Crippen LogP contribution in [0, 0.1) is 0 Å². The van der Waals surface area contributed by atoms with Crippen LogP contribution in [-0.2, 0) is 62.0 Å². The summed E-state index contributed by atoms with van der Waals surface area (Å²) in [4.78, 5) is 90.1. The van der Waals surface area contributed by atoms with Crippen LogP contribution in [0.25, 0.3) is 0 Å². The van der Waals surface area contributed by atoms with E-state index in [-0.39, 0.29) is 13.2 Å². The summed E-state index contributed by atoms with van der Waals surface area (Å²) in [5, 5.41) is 17.0. The summed E-state index contributed by atoms with van der Waals surface area (Å²) in [6.45, 7) is 0.239. The Bertz CT molecular complexity index is 815. The first-order valence-electron chi connectivity index (χ1n) is 10.1. The van der Waals surface area contributed by atoms with Crippen molar-refractivity contribution in [1.29, 1.82) is 0 Å². The number of carboxylic acid groups (broad SMARTS) is 2. The Morgan fingerprint density at radius 2 is 1.20 bits per heavy atom. The number of rotatable bonds is 18. The maximum Gasteiger partial charge on any atom is 0.347 e. The highest BCUT2D eigenvalue weighted by molar-refractivity contribution is 6.39. The van der Waals surface area contributed by atoms with Crippen molar-refractivity contribution >= 4 is 47.4 Å². The first-order chi connectivity index (χ1) is 16.3. The maximum atomic E-state index is 11.7. The molecule has 15 heteroatoms. The molecule has 2 unspecified atom stereocenters. The molecule has 0 saturated heterocycles. The van der Waals surface area contributed by atoms with Crippen molar-refractivity contribution in [3.8, 4) is 0 Å². The van der Waals surface area contributed by atoms with Gasteiger partial charge in [-0.15, -0.1) is 0 Å². The van der Waals surface area contributed by atoms with Crippen LogP contribution in [0.15, 0.2) is 0 Å². The molecule has 0 amide bonds. The van der Waals surface area contributed by atoms with Crippen molar-refractivity contribution < 1.29 is 72.3 Å². The number of carbonyl (C=O) groups excluding carboxylic acids is 6. The van der Waals surface area contributed by atoms with E-state index in [0.717, 1.165) is 6.92 Å². The molecule has 2 N–H and O–H groups in total. The van der Waals surface area contributed by atoms with Gasteiger partial charge < -0.3 is 33.9 Å². The van der Waals surface area contributed by atoms with E-state index in [0.29, 0.717) is 0 Å². The Morgan fingerprint density at radius 1 is 0.629 bits per heavy atom. The predicted octanol–water partition coefficient (Wildman–Crippen LogP) is -1.18. The Labute approximate surface area is 198 Å². The summed E-state index contributed by atoms with van der Waals surface area (Å²) in [6.07, 6.45) is -4.78. The zero-order valence-corrected chi connectivity index (χ0v) is 19.0. The minimum Gasteiger partial charge on any atom is -0.481 e. The molecule has 35 heavy (non-hydrogen) atoms. The molecule has 2 atom stereocenters. The van der Waals surface area contributed by atoms with Gasteiger partial charge in [0, 0.05) is 6.42 Å². The second-order valence-electron chi connectivity index (χ2n) is 6.72. The summed E-state index contributed by atoms with van der Waals surface area (Å²) >= 11 is 0. The van der Waals surface area contributed by atoms with Crippen molar-refractivity contribution in [1.82, 2.24) is 0 Å². The average molecular weight is 506 g/mol. The smallest absolute Gasteiger partial charge is 0.347 e. The molecule has 0 rings (SSSR count). The molecule has 0 bridgehead atoms. The molecule has 0 aromatic carbocycles. The van der Waals surface area contributed by atoms with Gasteiger partial charge in [0.05, 0.1) is 25.9 Å². The number of ether oxygens (including phenoxy) is 5. The van der Waals surface area contributed by atoms with Crippen molar-refractivity contribution in [3.05, 3.63) is 0 Å². The SMILES string of the molecule is CC(OC(=O)CCC(=O)O)C(=O)OCC(=O)OCCOCC(=O)OC(C)C(=O)C(=O)CCC(=O)O. The van der Waals surface area contributed by atoms with Crippen LogP contribution in [0.1, 0.15) is 39.5 Å². The van der Waals surface area contributed by atoms with Gasteiger partial charge in [-0.25, -0.2) is 14.4 Å². The molecule has 0 heterocycles. The molecule has 15 nitrogen and oxygen atoms in total. The number of carbonyl (C=O) groups is 8. The number of carboxylic acids is 2. The highest BCUT2D eigenvalue weighted by atomic mass is 16.6. The molecule has 0 saturated carbocycles. The van der Waals surface area contributed by atoms with Gasteiger partial charge in [0.1, 0.15) is 13.2 Å². The monoisotopic (exact) mass is 506 g/mol. The number of esters is 4. The van der Waals surface area contributed by atoms with Crippen LogP contribution in [0.4, 0.5) is 0 Å². The van der Waals surface area contributed by atoms with Crippen molar-refractivity contribution in [2.45, 2.75) is 51.7 Å². The van der Waals surface area contributed by atoms with E-state index in [1.165, 1.54) is 6.92 Å². The fourth-order valence-electron chi connectivity index (χ4n) is 2.03. The Morgan fingerprint density at radius 3 is 1.80 bits per heavy atom. The van der Waals surface area contributed by atoms with Crippen LogP contribution >= 0.6 is 0 Å². The number of hydrogen-bond acceptors (Lipinski definition) is 13. The molecule has 0 fully saturated rings. The lowest BCUT2D eigenvalue weighted by Gasteiger charge is -2.12. The zero-order chi connectivity index (χ0) is 27.0. The molecule has 196 valence electrons. The van der Waals surface area contributed by atoms with Crippen LogP contribution in [-0.4, -0.2) is 96.2 Å². The third-order valence-corrected chi connectivity index (χ3v) is 3.74. The van der Waals surface area contributed by atoms with Crippen molar-refractivity contribution in [3.63, 3.8) is 0 Å². The normalized spacial score (nSPS) is 11.9. The maximum absolute atomic E-state index is 11.7. The topological polar surface area (TPSA) is 223 Å². The molecule has 0 aliphatic heterocycles. The first kappa shape index (κ1) is 31.1. The minimum absolute atomic E-state index is 0.272. The Balaban J connectivity index is 4.03. The van der Waals surface area contributed by atoms with Gasteiger partial charge in [0.2, 0.25) is 11.6 Å². The van der Waals surface area contributed by atoms with Crippen molar-refractivity contribution in [2.24, 2.45) is 0 Å². The first-order valence-corrected chi connectivity index (χ1v) is 10.1. The van der Waals surface area contributed by atoms with E-state index >= 15 is 0 Å². The predicted molar refractivity (Wildman–Crippen MR) is 108 cm³/mol. The minimum atomic E-state index is -1.43. The Kier molecular flexibility index (Phi) is 14.8. The molecule has 0 spiro atoms. The van der Waals surface area contributed by atoms with E-state index in [9.17, 15) is 38.4 Å². The van der Waals surface area contributed by atoms with E-state index in [4.69, 9.17) is 19.7 Å². The summed E-state index contributed by atoms with van der Waals surface area (Å²) < 4.78 is 23.5. The lowest BCUT2D eigenvalue weighted by atomic mass is 10.1. The highest BCUT2D eigenvalue weighted by Gasteiger charge is 2.25. The van der Waals surface area contributed by atoms with E-state index in [1.807, 2.05) is 0 Å². The highest BCUT2D eigenvalue weighted by Crippen LogP contribution is 2.02. The van der Waals surface area contributed by atoms with Crippen LogP contribution in [0.3, 0.4) is 0 Å².